The van der Waals surface area contributed by atoms with E-state index in [1.807, 2.05) is 0 Å². The molecule has 0 saturated heterocycles. The molecule has 0 N–H and O–H groups in total. The molecule has 0 saturated carbocycles. The van der Waals surface area contributed by atoms with E-state index >= 15 is 0 Å². The van der Waals surface area contributed by atoms with E-state index in [0.29, 0.717) is 6.07 Å². The maximum absolute atomic E-state index is 5.27. The Hall–Kier alpha value is 0.467. The lowest BCUT2D eigenvalue weighted by Gasteiger charge is -1.91. The second-order valence-corrected chi connectivity index (χ2v) is 5.11. The van der Waals surface area contributed by atoms with Gasteiger partial charge in [-0.1, -0.05) is 11.6 Å². The molecule has 0 bridgehead atoms. The largest absolute Gasteiger partial charge is 0.363 e. The standard InChI is InChI=1S/C5H12ClOSi/c1-8(2)4-3-7-5-6/h3-5H2,1-2H3/q+1. The summed E-state index contributed by atoms with van der Waals surface area (Å²) in [7, 11) is -0.0907. The van der Waals surface area contributed by atoms with Gasteiger partial charge in [-0.2, -0.15) is 0 Å². The van der Waals surface area contributed by atoms with Crippen LogP contribution >= 0.6 is 11.6 Å². The quantitative estimate of drug-likeness (QED) is 0.339. The molecule has 0 fully saturated rings. The summed E-state index contributed by atoms with van der Waals surface area (Å²) in [5.74, 6) is 0. The zero-order valence-corrected chi connectivity index (χ0v) is 7.16. The molecule has 0 aliphatic carbocycles. The van der Waals surface area contributed by atoms with Gasteiger partial charge >= 0.3 is 8.80 Å². The minimum atomic E-state index is -0.0907. The van der Waals surface area contributed by atoms with E-state index < -0.39 is 0 Å². The van der Waals surface area contributed by atoms with Crippen molar-refractivity contribution < 1.29 is 4.74 Å². The number of rotatable bonds is 4. The molecule has 0 radical (unpaired) electrons. The summed E-state index contributed by atoms with van der Waals surface area (Å²) in [6.07, 6.45) is 0. The summed E-state index contributed by atoms with van der Waals surface area (Å²) in [5.41, 5.74) is 0. The topological polar surface area (TPSA) is 9.23 Å². The predicted molar refractivity (Wildman–Crippen MR) is 39.0 cm³/mol. The first kappa shape index (κ1) is 8.47. The monoisotopic (exact) mass is 151 g/mol. The number of hydrogen-bond acceptors (Lipinski definition) is 1. The van der Waals surface area contributed by atoms with E-state index in [2.05, 4.69) is 13.1 Å². The summed E-state index contributed by atoms with van der Waals surface area (Å²) >= 11 is 5.27. The number of ether oxygens (including phenoxy) is 1. The Bertz CT molecular complexity index is 49.7. The lowest BCUT2D eigenvalue weighted by molar-refractivity contribution is 0.195. The number of halogens is 1. The zero-order valence-electron chi connectivity index (χ0n) is 5.41. The molecule has 3 heteroatoms. The van der Waals surface area contributed by atoms with Crippen molar-refractivity contribution in [2.24, 2.45) is 0 Å². The van der Waals surface area contributed by atoms with Crippen LogP contribution in [0.3, 0.4) is 0 Å². The van der Waals surface area contributed by atoms with Crippen LogP contribution in [0.4, 0.5) is 0 Å². The molecular weight excluding hydrogens is 140 g/mol. The van der Waals surface area contributed by atoms with Crippen LogP contribution in [0.1, 0.15) is 0 Å². The Morgan fingerprint density at radius 2 is 2.12 bits per heavy atom. The van der Waals surface area contributed by atoms with Crippen molar-refractivity contribution >= 4 is 20.4 Å². The molecule has 0 aromatic carbocycles. The SMILES string of the molecule is C[Si+](C)CCOCCl. The molecule has 1 nitrogen and oxygen atoms in total. The fourth-order valence-electron chi connectivity index (χ4n) is 0.331. The minimum absolute atomic E-state index is 0.0907. The highest BCUT2D eigenvalue weighted by Gasteiger charge is 2.08. The van der Waals surface area contributed by atoms with Crippen LogP contribution in [0.25, 0.3) is 0 Å². The smallest absolute Gasteiger partial charge is 0.310 e. The van der Waals surface area contributed by atoms with Crippen molar-refractivity contribution in [3.63, 3.8) is 0 Å². The first-order chi connectivity index (χ1) is 3.77. The highest BCUT2D eigenvalue weighted by atomic mass is 35.5. The third-order valence-corrected chi connectivity index (χ3v) is 2.18. The van der Waals surface area contributed by atoms with Crippen molar-refractivity contribution in [3.05, 3.63) is 0 Å². The molecule has 48 valence electrons. The van der Waals surface area contributed by atoms with Crippen LogP contribution in [0.2, 0.25) is 19.1 Å². The van der Waals surface area contributed by atoms with Gasteiger partial charge in [0.05, 0.1) is 25.7 Å². The molecular formula is C5H12ClOSi+. The van der Waals surface area contributed by atoms with Gasteiger partial charge in [0.1, 0.15) is 6.07 Å². The summed E-state index contributed by atoms with van der Waals surface area (Å²) in [4.78, 5) is 0. The van der Waals surface area contributed by atoms with Crippen molar-refractivity contribution in [2.75, 3.05) is 12.7 Å². The molecule has 0 amide bonds. The Morgan fingerprint density at radius 1 is 1.50 bits per heavy atom. The molecule has 0 heterocycles. The second kappa shape index (κ2) is 5.60. The normalized spacial score (nSPS) is 9.38. The molecule has 0 aromatic rings. The Kier molecular flexibility index (Phi) is 5.93. The van der Waals surface area contributed by atoms with Crippen LogP contribution in [-0.2, 0) is 4.74 Å². The maximum atomic E-state index is 5.27. The van der Waals surface area contributed by atoms with Gasteiger partial charge < -0.3 is 4.74 Å². The van der Waals surface area contributed by atoms with Gasteiger partial charge in [0, 0.05) is 0 Å². The van der Waals surface area contributed by atoms with Crippen molar-refractivity contribution in [1.29, 1.82) is 0 Å². The van der Waals surface area contributed by atoms with Crippen LogP contribution in [0, 0.1) is 0 Å². The molecule has 0 atom stereocenters. The summed E-state index contributed by atoms with van der Waals surface area (Å²) in [6.45, 7) is 5.37. The molecule has 0 aliphatic rings. The molecule has 8 heavy (non-hydrogen) atoms. The lowest BCUT2D eigenvalue weighted by Crippen LogP contribution is -2.04. The van der Waals surface area contributed by atoms with Crippen molar-refractivity contribution in [2.45, 2.75) is 19.1 Å². The third kappa shape index (κ3) is 6.47. The predicted octanol–water partition coefficient (Wildman–Crippen LogP) is 1.95. The van der Waals surface area contributed by atoms with Gasteiger partial charge in [-0.25, -0.2) is 0 Å². The van der Waals surface area contributed by atoms with E-state index in [1.54, 1.807) is 0 Å². The molecule has 0 aromatic heterocycles. The molecule has 0 spiro atoms. The van der Waals surface area contributed by atoms with Crippen LogP contribution in [0.5, 0.6) is 0 Å². The van der Waals surface area contributed by atoms with Crippen LogP contribution < -0.4 is 0 Å². The zero-order chi connectivity index (χ0) is 6.41. The number of alkyl halides is 1. The van der Waals surface area contributed by atoms with E-state index in [4.69, 9.17) is 16.3 Å². The van der Waals surface area contributed by atoms with Gasteiger partial charge in [-0.05, 0) is 0 Å². The summed E-state index contributed by atoms with van der Waals surface area (Å²) < 4.78 is 4.94. The highest BCUT2D eigenvalue weighted by Crippen LogP contribution is 1.91. The van der Waals surface area contributed by atoms with E-state index in [-0.39, 0.29) is 8.80 Å². The van der Waals surface area contributed by atoms with Crippen molar-refractivity contribution in [3.8, 4) is 0 Å². The molecule has 0 aliphatic heterocycles. The Balaban J connectivity index is 2.72. The van der Waals surface area contributed by atoms with E-state index in [0.717, 1.165) is 6.61 Å². The Labute approximate surface area is 57.6 Å². The first-order valence-electron chi connectivity index (χ1n) is 2.70. The van der Waals surface area contributed by atoms with Gasteiger partial charge in [0.25, 0.3) is 0 Å². The number of hydrogen-bond donors (Lipinski definition) is 0. The second-order valence-electron chi connectivity index (χ2n) is 1.97. The van der Waals surface area contributed by atoms with E-state index in [1.165, 1.54) is 6.04 Å². The first-order valence-corrected chi connectivity index (χ1v) is 5.94. The maximum Gasteiger partial charge on any atom is 0.310 e. The molecule has 0 unspecified atom stereocenters. The summed E-state index contributed by atoms with van der Waals surface area (Å²) in [5, 5.41) is 0. The van der Waals surface area contributed by atoms with Gasteiger partial charge in [-0.3, -0.25) is 0 Å². The minimum Gasteiger partial charge on any atom is -0.363 e. The lowest BCUT2D eigenvalue weighted by atomic mass is 10.9. The fourth-order valence-corrected chi connectivity index (χ4v) is 0.993. The van der Waals surface area contributed by atoms with Crippen LogP contribution in [-0.4, -0.2) is 21.5 Å². The average Bonchev–Trinajstić information content (AvgIpc) is 1.66. The Morgan fingerprint density at radius 3 is 2.50 bits per heavy atom. The summed E-state index contributed by atoms with van der Waals surface area (Å²) in [6, 6.07) is 1.55. The van der Waals surface area contributed by atoms with Gasteiger partial charge in [0.2, 0.25) is 0 Å². The van der Waals surface area contributed by atoms with Crippen molar-refractivity contribution in [1.82, 2.24) is 0 Å². The van der Waals surface area contributed by atoms with E-state index in [9.17, 15) is 0 Å². The highest BCUT2D eigenvalue weighted by molar-refractivity contribution is 6.55. The average molecular weight is 152 g/mol. The van der Waals surface area contributed by atoms with Crippen LogP contribution in [0.15, 0.2) is 0 Å². The van der Waals surface area contributed by atoms with Gasteiger partial charge in [-0.15, -0.1) is 0 Å². The van der Waals surface area contributed by atoms with Gasteiger partial charge in [0.15, 0.2) is 0 Å². The molecule has 0 rings (SSSR count). The fraction of sp³-hybridized carbons (Fsp3) is 1.00. The third-order valence-electron chi connectivity index (χ3n) is 0.824.